The molecule has 0 aliphatic carbocycles. The number of unbranched alkanes of at least 4 members (excludes halogenated alkanes) is 2. The van der Waals surface area contributed by atoms with Crippen LogP contribution in [0.2, 0.25) is 0 Å². The van der Waals surface area contributed by atoms with E-state index in [1.54, 1.807) is 13.1 Å². The number of alkyl halides is 2. The van der Waals surface area contributed by atoms with Crippen LogP contribution in [-0.2, 0) is 20.9 Å². The zero-order valence-electron chi connectivity index (χ0n) is 30.5. The number of nitrogens with zero attached hydrogens (tertiary/aromatic N) is 1. The lowest BCUT2D eigenvalue weighted by Crippen LogP contribution is -2.42. The van der Waals surface area contributed by atoms with Crippen LogP contribution in [0.25, 0.3) is 0 Å². The molecule has 9 heteroatoms. The van der Waals surface area contributed by atoms with E-state index in [0.29, 0.717) is 31.5 Å². The molecule has 0 spiro atoms. The van der Waals surface area contributed by atoms with Crippen LogP contribution in [0.1, 0.15) is 126 Å². The molecule has 1 aromatic heterocycles. The fourth-order valence-electron chi connectivity index (χ4n) is 4.79. The molecule has 0 aliphatic rings. The summed E-state index contributed by atoms with van der Waals surface area (Å²) in [6.45, 7) is 20.9. The second kappa shape index (κ2) is 31.4. The van der Waals surface area contributed by atoms with Gasteiger partial charge in [-0.2, -0.15) is 0 Å². The summed E-state index contributed by atoms with van der Waals surface area (Å²) >= 11 is 0. The third-order valence-corrected chi connectivity index (χ3v) is 7.64. The van der Waals surface area contributed by atoms with Crippen molar-refractivity contribution in [1.82, 2.24) is 20.9 Å². The highest BCUT2D eigenvalue weighted by molar-refractivity contribution is 5.78. The predicted molar refractivity (Wildman–Crippen MR) is 185 cm³/mol. The Bertz CT molecular complexity index is 841. The molecule has 0 aliphatic heterocycles. The van der Waals surface area contributed by atoms with Crippen molar-refractivity contribution in [3.63, 3.8) is 0 Å². The van der Waals surface area contributed by atoms with E-state index >= 15 is 0 Å². The molecule has 0 fully saturated rings. The van der Waals surface area contributed by atoms with Crippen molar-refractivity contribution in [2.75, 3.05) is 20.4 Å². The average Bonchev–Trinajstić information content (AvgIpc) is 3.01. The lowest BCUT2D eigenvalue weighted by molar-refractivity contribution is -0.125. The van der Waals surface area contributed by atoms with Crippen LogP contribution in [0.3, 0.4) is 0 Å². The smallest absolute Gasteiger partial charge is 0.223 e. The summed E-state index contributed by atoms with van der Waals surface area (Å²) in [7, 11) is 0.500. The van der Waals surface area contributed by atoms with E-state index in [4.69, 9.17) is 0 Å². The maximum absolute atomic E-state index is 12.8. The Kier molecular flexibility index (Phi) is 32.7. The van der Waals surface area contributed by atoms with Gasteiger partial charge in [-0.1, -0.05) is 93.6 Å². The molecule has 7 nitrogen and oxygen atoms in total. The molecule has 45 heavy (non-hydrogen) atoms. The van der Waals surface area contributed by atoms with Crippen molar-refractivity contribution < 1.29 is 23.2 Å². The summed E-state index contributed by atoms with van der Waals surface area (Å²) in [5.74, 6) is 2.12. The molecule has 0 saturated carbocycles. The van der Waals surface area contributed by atoms with E-state index in [1.165, 1.54) is 26.2 Å². The highest BCUT2D eigenvalue weighted by Gasteiger charge is 2.24. The minimum absolute atomic E-state index is 0.0853. The van der Waals surface area contributed by atoms with Gasteiger partial charge in [0.1, 0.15) is 6.67 Å². The number of carbonyl (C=O) groups is 3. The summed E-state index contributed by atoms with van der Waals surface area (Å²) in [5.41, 5.74) is 0.898. The van der Waals surface area contributed by atoms with Gasteiger partial charge in [0.25, 0.3) is 0 Å². The van der Waals surface area contributed by atoms with E-state index < -0.39 is 6.67 Å². The molecular formula is C36H68F2N4O3. The molecule has 264 valence electrons. The van der Waals surface area contributed by atoms with Crippen LogP contribution < -0.4 is 16.0 Å². The predicted octanol–water partition coefficient (Wildman–Crippen LogP) is 8.23. The molecule has 0 aromatic carbocycles. The lowest BCUT2D eigenvalue weighted by atomic mass is 9.84. The number of aromatic nitrogens is 1. The number of nitrogens with one attached hydrogen (secondary N) is 3. The molecule has 0 saturated heterocycles. The highest BCUT2D eigenvalue weighted by Crippen LogP contribution is 2.22. The zero-order chi connectivity index (χ0) is 35.2. The van der Waals surface area contributed by atoms with Crippen LogP contribution in [-0.4, -0.2) is 49.1 Å². The Balaban J connectivity index is -0.000000573. The molecule has 0 radical (unpaired) electrons. The quantitative estimate of drug-likeness (QED) is 0.150. The second-order valence-corrected chi connectivity index (χ2v) is 12.3. The summed E-state index contributed by atoms with van der Waals surface area (Å²) in [5, 5.41) is 8.48. The van der Waals surface area contributed by atoms with Gasteiger partial charge >= 0.3 is 0 Å². The molecule has 4 unspecified atom stereocenters. The van der Waals surface area contributed by atoms with Crippen molar-refractivity contribution in [1.29, 1.82) is 0 Å². The fourth-order valence-corrected chi connectivity index (χ4v) is 4.79. The van der Waals surface area contributed by atoms with Crippen molar-refractivity contribution in [3.8, 4) is 0 Å². The largest absolute Gasteiger partial charge is 0.356 e. The molecule has 3 amide bonds. The zero-order valence-corrected chi connectivity index (χ0v) is 30.5. The van der Waals surface area contributed by atoms with Crippen molar-refractivity contribution in [3.05, 3.63) is 30.1 Å². The first-order valence-corrected chi connectivity index (χ1v) is 17.0. The Labute approximate surface area is 274 Å². The van der Waals surface area contributed by atoms with E-state index in [9.17, 15) is 23.2 Å². The van der Waals surface area contributed by atoms with Gasteiger partial charge in [-0.25, -0.2) is 4.39 Å². The van der Waals surface area contributed by atoms with E-state index in [0.717, 1.165) is 44.3 Å². The molecule has 4 atom stereocenters. The Morgan fingerprint density at radius 1 is 0.800 bits per heavy atom. The summed E-state index contributed by atoms with van der Waals surface area (Å²) in [4.78, 5) is 37.4. The van der Waals surface area contributed by atoms with E-state index in [-0.39, 0.29) is 35.6 Å². The molecule has 1 heterocycles. The Hall–Kier alpha value is -2.58. The second-order valence-electron chi connectivity index (χ2n) is 12.3. The lowest BCUT2D eigenvalue weighted by Gasteiger charge is -2.28. The first kappa shape index (κ1) is 46.8. The van der Waals surface area contributed by atoms with Gasteiger partial charge in [-0.3, -0.25) is 23.8 Å². The maximum Gasteiger partial charge on any atom is 0.223 e. The summed E-state index contributed by atoms with van der Waals surface area (Å²) < 4.78 is 22.3. The molecular weight excluding hydrogens is 574 g/mol. The third kappa shape index (κ3) is 27.5. The Morgan fingerprint density at radius 3 is 1.82 bits per heavy atom. The minimum Gasteiger partial charge on any atom is -0.356 e. The number of pyridine rings is 1. The highest BCUT2D eigenvalue weighted by atomic mass is 19.1. The number of carbonyl (C=O) groups excluding carboxylic acids is 3. The van der Waals surface area contributed by atoms with Crippen LogP contribution in [0, 0.1) is 29.6 Å². The number of halogens is 2. The van der Waals surface area contributed by atoms with Crippen LogP contribution in [0.5, 0.6) is 0 Å². The van der Waals surface area contributed by atoms with Gasteiger partial charge < -0.3 is 16.0 Å². The topological polar surface area (TPSA) is 100 Å². The normalized spacial score (nSPS) is 13.0. The van der Waals surface area contributed by atoms with Crippen molar-refractivity contribution in [2.45, 2.75) is 133 Å². The number of hydrogen-bond donors (Lipinski definition) is 3. The van der Waals surface area contributed by atoms with Crippen molar-refractivity contribution >= 4 is 17.7 Å². The van der Waals surface area contributed by atoms with E-state index in [2.05, 4.69) is 69.4 Å². The van der Waals surface area contributed by atoms with Gasteiger partial charge in [0.15, 0.2) is 0 Å². The van der Waals surface area contributed by atoms with Gasteiger partial charge in [0, 0.05) is 32.5 Å². The van der Waals surface area contributed by atoms with Gasteiger partial charge in [-0.05, 0) is 55.1 Å². The monoisotopic (exact) mass is 643 g/mol. The number of amides is 3. The van der Waals surface area contributed by atoms with Crippen LogP contribution in [0.15, 0.2) is 24.4 Å². The molecule has 1 aromatic rings. The van der Waals surface area contributed by atoms with Gasteiger partial charge in [0.05, 0.1) is 25.5 Å². The average molecular weight is 643 g/mol. The first-order chi connectivity index (χ1) is 21.3. The third-order valence-electron chi connectivity index (χ3n) is 7.64. The van der Waals surface area contributed by atoms with E-state index in [1.807, 2.05) is 25.1 Å². The summed E-state index contributed by atoms with van der Waals surface area (Å²) in [6.07, 6.45) is 10.6. The van der Waals surface area contributed by atoms with Gasteiger partial charge in [0.2, 0.25) is 17.7 Å². The first-order valence-electron chi connectivity index (χ1n) is 17.0. The molecule has 3 N–H and O–H groups in total. The SMILES string of the molecule is CCCC(C)C(=O)NCc1ccccn1.CCCCC(C(C)C)C(CF)NC(C)=O.CCCCC(CNC(C)=O)C(C)C.CF. The van der Waals surface area contributed by atoms with Gasteiger partial charge in [-0.15, -0.1) is 0 Å². The van der Waals surface area contributed by atoms with Crippen LogP contribution >= 0.6 is 0 Å². The van der Waals surface area contributed by atoms with Crippen molar-refractivity contribution in [2.24, 2.45) is 29.6 Å². The summed E-state index contributed by atoms with van der Waals surface area (Å²) in [6, 6.07) is 5.38. The number of hydrogen-bond acceptors (Lipinski definition) is 4. The maximum atomic E-state index is 12.8. The Morgan fingerprint density at radius 2 is 1.40 bits per heavy atom. The van der Waals surface area contributed by atoms with Crippen LogP contribution in [0.4, 0.5) is 8.78 Å². The standard InChI is InChI=1S/C12H24FNO.C12H18N2O.C11H23NO.CH3F/c1-5-6-7-11(9(2)3)12(8-13)14-10(4)15;1-3-6-10(2)12(15)14-9-11-7-4-5-8-13-11;1-5-6-7-11(9(2)3)8-12-10(4)13;1-2/h9,11-12H,5-8H2,1-4H3,(H,14,15);4-5,7-8,10H,3,6,9H2,1-2H3,(H,14,15);9,11H,5-8H2,1-4H3,(H,12,13);1H3. The fraction of sp³-hybridized carbons (Fsp3) is 0.778. The molecule has 0 bridgehead atoms. The number of rotatable bonds is 18. The minimum atomic E-state index is -0.466. The molecule has 1 rings (SSSR count).